The lowest BCUT2D eigenvalue weighted by Gasteiger charge is -2.34. The molecule has 0 radical (unpaired) electrons. The predicted octanol–water partition coefficient (Wildman–Crippen LogP) is 1.62. The van der Waals surface area contributed by atoms with Crippen LogP contribution in [0.15, 0.2) is 0 Å². The van der Waals surface area contributed by atoms with Crippen molar-refractivity contribution in [2.45, 2.75) is 32.1 Å². The molecule has 0 spiro atoms. The molecule has 2 aliphatic heterocycles. The summed E-state index contributed by atoms with van der Waals surface area (Å²) in [5, 5.41) is 0. The Hall–Kier alpha value is -0.650. The average molecular weight is 312 g/mol. The normalized spacial score (nSPS) is 24.4. The van der Waals surface area contributed by atoms with Crippen molar-refractivity contribution in [3.8, 4) is 0 Å². The molecule has 1 unspecified atom stereocenters. The molecule has 1 amide bonds. The van der Waals surface area contributed by atoms with Crippen molar-refractivity contribution in [3.63, 3.8) is 0 Å². The van der Waals surface area contributed by atoms with E-state index >= 15 is 0 Å². The molecule has 0 bridgehead atoms. The van der Waals surface area contributed by atoms with Crippen molar-refractivity contribution in [1.82, 2.24) is 9.80 Å². The molecule has 2 saturated heterocycles. The summed E-state index contributed by atoms with van der Waals surface area (Å²) >= 11 is 0. The van der Waals surface area contributed by atoms with E-state index in [1.165, 1.54) is 12.8 Å². The van der Waals surface area contributed by atoms with Gasteiger partial charge in [0.1, 0.15) is 0 Å². The highest BCUT2D eigenvalue weighted by molar-refractivity contribution is 5.76. The summed E-state index contributed by atoms with van der Waals surface area (Å²) in [5.41, 5.74) is 0. The number of methoxy groups -OCH3 is 1. The third-order valence-corrected chi connectivity index (χ3v) is 4.99. The number of rotatable bonds is 7. The number of likely N-dealkylation sites (tertiary alicyclic amines) is 1. The number of nitrogens with zero attached hydrogens (tertiary/aromatic N) is 2. The van der Waals surface area contributed by atoms with Crippen molar-refractivity contribution >= 4 is 5.91 Å². The van der Waals surface area contributed by atoms with E-state index in [1.807, 2.05) is 11.9 Å². The zero-order valence-corrected chi connectivity index (χ0v) is 14.3. The SMILES string of the molecule is COCCN1CCC(CN(C)C(=O)CC2CCCOC2)CC1. The second-order valence-corrected chi connectivity index (χ2v) is 6.84. The monoisotopic (exact) mass is 312 g/mol. The molecular weight excluding hydrogens is 280 g/mol. The Morgan fingerprint density at radius 1 is 1.27 bits per heavy atom. The fourth-order valence-electron chi connectivity index (χ4n) is 3.47. The van der Waals surface area contributed by atoms with Gasteiger partial charge in [-0.1, -0.05) is 0 Å². The van der Waals surface area contributed by atoms with Crippen LogP contribution in [0.1, 0.15) is 32.1 Å². The first-order valence-corrected chi connectivity index (χ1v) is 8.72. The molecule has 2 fully saturated rings. The van der Waals surface area contributed by atoms with Crippen LogP contribution >= 0.6 is 0 Å². The summed E-state index contributed by atoms with van der Waals surface area (Å²) in [7, 11) is 3.72. The Morgan fingerprint density at radius 2 is 2.05 bits per heavy atom. The standard InChI is InChI=1S/C17H32N2O3/c1-18(17(20)12-16-4-3-10-22-14-16)13-15-5-7-19(8-6-15)9-11-21-2/h15-16H,3-14H2,1-2H3. The van der Waals surface area contributed by atoms with Gasteiger partial charge in [0.25, 0.3) is 0 Å². The molecule has 128 valence electrons. The largest absolute Gasteiger partial charge is 0.383 e. The number of hydrogen-bond donors (Lipinski definition) is 0. The minimum absolute atomic E-state index is 0.289. The van der Waals surface area contributed by atoms with E-state index < -0.39 is 0 Å². The number of amides is 1. The fourth-order valence-corrected chi connectivity index (χ4v) is 3.47. The fraction of sp³-hybridized carbons (Fsp3) is 0.941. The molecule has 5 heteroatoms. The summed E-state index contributed by atoms with van der Waals surface area (Å²) in [6, 6.07) is 0. The number of hydrogen-bond acceptors (Lipinski definition) is 4. The summed E-state index contributed by atoms with van der Waals surface area (Å²) < 4.78 is 10.6. The molecule has 0 N–H and O–H groups in total. The van der Waals surface area contributed by atoms with E-state index in [0.717, 1.165) is 58.8 Å². The lowest BCUT2D eigenvalue weighted by molar-refractivity contribution is -0.132. The quantitative estimate of drug-likeness (QED) is 0.716. The molecule has 0 aromatic rings. The molecule has 22 heavy (non-hydrogen) atoms. The summed E-state index contributed by atoms with van der Waals surface area (Å²) in [6.45, 7) is 6.63. The molecule has 2 heterocycles. The van der Waals surface area contributed by atoms with Gasteiger partial charge in [0, 0.05) is 46.9 Å². The molecule has 5 nitrogen and oxygen atoms in total. The zero-order valence-electron chi connectivity index (χ0n) is 14.3. The molecule has 0 aliphatic carbocycles. The third kappa shape index (κ3) is 5.86. The molecule has 2 aliphatic rings. The maximum absolute atomic E-state index is 12.3. The molecule has 0 aromatic carbocycles. The topological polar surface area (TPSA) is 42.0 Å². The highest BCUT2D eigenvalue weighted by Gasteiger charge is 2.24. The van der Waals surface area contributed by atoms with Gasteiger partial charge in [-0.3, -0.25) is 4.79 Å². The van der Waals surface area contributed by atoms with Crippen molar-refractivity contribution in [3.05, 3.63) is 0 Å². The Labute approximate surface area is 134 Å². The van der Waals surface area contributed by atoms with Crippen LogP contribution in [0.2, 0.25) is 0 Å². The highest BCUT2D eigenvalue weighted by Crippen LogP contribution is 2.21. The Kier molecular flexibility index (Phi) is 7.63. The van der Waals surface area contributed by atoms with Crippen LogP contribution < -0.4 is 0 Å². The van der Waals surface area contributed by atoms with Crippen LogP contribution in [0, 0.1) is 11.8 Å². The van der Waals surface area contributed by atoms with Gasteiger partial charge in [-0.15, -0.1) is 0 Å². The summed E-state index contributed by atoms with van der Waals surface area (Å²) in [6.07, 6.45) is 5.27. The van der Waals surface area contributed by atoms with Gasteiger partial charge in [0.15, 0.2) is 0 Å². The van der Waals surface area contributed by atoms with E-state index in [-0.39, 0.29) is 5.91 Å². The lowest BCUT2D eigenvalue weighted by atomic mass is 9.95. The van der Waals surface area contributed by atoms with Gasteiger partial charge in [-0.25, -0.2) is 0 Å². The van der Waals surface area contributed by atoms with Crippen LogP contribution in [0.25, 0.3) is 0 Å². The van der Waals surface area contributed by atoms with E-state index in [2.05, 4.69) is 4.90 Å². The smallest absolute Gasteiger partial charge is 0.222 e. The minimum atomic E-state index is 0.289. The summed E-state index contributed by atoms with van der Waals surface area (Å²) in [4.78, 5) is 16.7. The molecule has 0 aromatic heterocycles. The minimum Gasteiger partial charge on any atom is -0.383 e. The Bertz CT molecular complexity index is 324. The van der Waals surface area contributed by atoms with Gasteiger partial charge in [-0.05, 0) is 50.6 Å². The average Bonchev–Trinajstić information content (AvgIpc) is 2.55. The highest BCUT2D eigenvalue weighted by atomic mass is 16.5. The van der Waals surface area contributed by atoms with Gasteiger partial charge in [0.2, 0.25) is 5.91 Å². The van der Waals surface area contributed by atoms with Crippen molar-refractivity contribution in [2.24, 2.45) is 11.8 Å². The maximum Gasteiger partial charge on any atom is 0.222 e. The zero-order chi connectivity index (χ0) is 15.8. The Balaban J connectivity index is 1.64. The van der Waals surface area contributed by atoms with E-state index in [0.29, 0.717) is 18.3 Å². The molecule has 1 atom stereocenters. The van der Waals surface area contributed by atoms with E-state index in [1.54, 1.807) is 7.11 Å². The number of ether oxygens (including phenoxy) is 2. The predicted molar refractivity (Wildman–Crippen MR) is 86.8 cm³/mol. The van der Waals surface area contributed by atoms with Crippen LogP contribution in [0.4, 0.5) is 0 Å². The van der Waals surface area contributed by atoms with Gasteiger partial charge in [-0.2, -0.15) is 0 Å². The first-order valence-electron chi connectivity index (χ1n) is 8.72. The van der Waals surface area contributed by atoms with Crippen molar-refractivity contribution in [1.29, 1.82) is 0 Å². The molecule has 2 rings (SSSR count). The first-order chi connectivity index (χ1) is 10.7. The third-order valence-electron chi connectivity index (χ3n) is 4.99. The van der Waals surface area contributed by atoms with Crippen molar-refractivity contribution < 1.29 is 14.3 Å². The van der Waals surface area contributed by atoms with E-state index in [4.69, 9.17) is 9.47 Å². The lowest BCUT2D eigenvalue weighted by Crippen LogP contribution is -2.41. The van der Waals surface area contributed by atoms with Crippen LogP contribution in [0.5, 0.6) is 0 Å². The van der Waals surface area contributed by atoms with Crippen molar-refractivity contribution in [2.75, 3.05) is 60.2 Å². The second kappa shape index (κ2) is 9.48. The summed E-state index contributed by atoms with van der Waals surface area (Å²) in [5.74, 6) is 1.37. The van der Waals surface area contributed by atoms with Crippen LogP contribution in [-0.2, 0) is 14.3 Å². The first kappa shape index (κ1) is 17.7. The van der Waals surface area contributed by atoms with Gasteiger partial charge < -0.3 is 19.3 Å². The number of carbonyl (C=O) groups excluding carboxylic acids is 1. The van der Waals surface area contributed by atoms with Gasteiger partial charge in [0.05, 0.1) is 6.61 Å². The van der Waals surface area contributed by atoms with Crippen LogP contribution in [0.3, 0.4) is 0 Å². The number of carbonyl (C=O) groups is 1. The second-order valence-electron chi connectivity index (χ2n) is 6.84. The molecular formula is C17H32N2O3. The maximum atomic E-state index is 12.3. The molecule has 0 saturated carbocycles. The van der Waals surface area contributed by atoms with E-state index in [9.17, 15) is 4.79 Å². The Morgan fingerprint density at radius 3 is 2.68 bits per heavy atom. The van der Waals surface area contributed by atoms with Crippen LogP contribution in [-0.4, -0.2) is 75.9 Å². The van der Waals surface area contributed by atoms with Gasteiger partial charge >= 0.3 is 0 Å². The number of piperidine rings is 1.